The predicted octanol–water partition coefficient (Wildman–Crippen LogP) is 0.279. The molecular weight excluding hydrogens is 184 g/mol. The summed E-state index contributed by atoms with van der Waals surface area (Å²) in [6.45, 7) is 4.98. The average molecular weight is 208 g/mol. The first-order valence-electron chi connectivity index (χ1n) is 5.01. The first-order valence-corrected chi connectivity index (χ1v) is 5.01. The molecule has 4 N–H and O–H groups in total. The molecule has 0 radical (unpaired) electrons. The fourth-order valence-electron chi connectivity index (χ4n) is 0.637. The van der Waals surface area contributed by atoms with Gasteiger partial charge in [-0.25, -0.2) is 0 Å². The largest absolute Gasteiger partial charge is 0.394 e. The molecular formula is C10H24O4. The molecule has 2 unspecified atom stereocenters. The third-order valence-corrected chi connectivity index (χ3v) is 1.67. The number of aliphatic hydroxyl groups excluding tert-OH is 3. The Labute approximate surface area is 86.2 Å². The third-order valence-electron chi connectivity index (χ3n) is 1.67. The van der Waals surface area contributed by atoms with Gasteiger partial charge in [0.1, 0.15) is 0 Å². The van der Waals surface area contributed by atoms with Gasteiger partial charge in [0.05, 0.1) is 24.9 Å². The molecule has 0 fully saturated rings. The molecule has 0 aromatic rings. The Kier molecular flexibility index (Phi) is 10.9. The second kappa shape index (κ2) is 9.40. The molecule has 0 saturated heterocycles. The van der Waals surface area contributed by atoms with Gasteiger partial charge in [-0.2, -0.15) is 0 Å². The third kappa shape index (κ3) is 14.4. The zero-order valence-electron chi connectivity index (χ0n) is 9.40. The lowest BCUT2D eigenvalue weighted by molar-refractivity contribution is -0.00660. The zero-order valence-corrected chi connectivity index (χ0v) is 9.40. The Morgan fingerprint density at radius 3 is 1.93 bits per heavy atom. The van der Waals surface area contributed by atoms with Crippen LogP contribution in [0.2, 0.25) is 0 Å². The van der Waals surface area contributed by atoms with E-state index < -0.39 is 11.7 Å². The van der Waals surface area contributed by atoms with Gasteiger partial charge in [0.25, 0.3) is 0 Å². The van der Waals surface area contributed by atoms with E-state index in [2.05, 4.69) is 6.92 Å². The van der Waals surface area contributed by atoms with E-state index >= 15 is 0 Å². The molecule has 0 saturated carbocycles. The number of hydrogen-bond acceptors (Lipinski definition) is 4. The molecule has 4 heteroatoms. The van der Waals surface area contributed by atoms with Crippen molar-refractivity contribution in [1.82, 2.24) is 0 Å². The van der Waals surface area contributed by atoms with E-state index in [4.69, 9.17) is 15.3 Å². The van der Waals surface area contributed by atoms with Crippen LogP contribution in [0.15, 0.2) is 0 Å². The van der Waals surface area contributed by atoms with Crippen molar-refractivity contribution in [2.45, 2.75) is 51.7 Å². The van der Waals surface area contributed by atoms with Crippen LogP contribution < -0.4 is 0 Å². The second-order valence-corrected chi connectivity index (χ2v) is 3.79. The van der Waals surface area contributed by atoms with Gasteiger partial charge >= 0.3 is 0 Å². The van der Waals surface area contributed by atoms with Crippen LogP contribution in [0.5, 0.6) is 0 Å². The SMILES string of the molecule is CC(O)CO.CCCCC(C)(O)CO. The zero-order chi connectivity index (χ0) is 11.6. The molecule has 0 amide bonds. The number of aliphatic hydroxyl groups is 4. The summed E-state index contributed by atoms with van der Waals surface area (Å²) in [4.78, 5) is 0. The summed E-state index contributed by atoms with van der Waals surface area (Å²) in [6, 6.07) is 0. The van der Waals surface area contributed by atoms with Gasteiger partial charge in [-0.05, 0) is 20.3 Å². The molecule has 0 heterocycles. The Hall–Kier alpha value is -0.160. The highest BCUT2D eigenvalue weighted by atomic mass is 16.3. The monoisotopic (exact) mass is 208 g/mol. The van der Waals surface area contributed by atoms with Gasteiger partial charge in [0, 0.05) is 0 Å². The first-order chi connectivity index (χ1) is 6.39. The van der Waals surface area contributed by atoms with Crippen LogP contribution in [-0.2, 0) is 0 Å². The molecule has 88 valence electrons. The molecule has 0 aliphatic rings. The smallest absolute Gasteiger partial charge is 0.0849 e. The van der Waals surface area contributed by atoms with E-state index in [-0.39, 0.29) is 13.2 Å². The summed E-state index contributed by atoms with van der Waals surface area (Å²) in [7, 11) is 0. The molecule has 4 nitrogen and oxygen atoms in total. The number of hydrogen-bond donors (Lipinski definition) is 4. The van der Waals surface area contributed by atoms with E-state index in [1.807, 2.05) is 0 Å². The van der Waals surface area contributed by atoms with E-state index in [0.717, 1.165) is 12.8 Å². The van der Waals surface area contributed by atoms with Crippen molar-refractivity contribution in [3.63, 3.8) is 0 Å². The fraction of sp³-hybridized carbons (Fsp3) is 1.00. The maximum absolute atomic E-state index is 9.20. The second-order valence-electron chi connectivity index (χ2n) is 3.79. The van der Waals surface area contributed by atoms with Gasteiger partial charge in [-0.3, -0.25) is 0 Å². The van der Waals surface area contributed by atoms with Gasteiger partial charge in [-0.1, -0.05) is 19.8 Å². The van der Waals surface area contributed by atoms with E-state index in [0.29, 0.717) is 6.42 Å². The molecule has 0 aliphatic heterocycles. The van der Waals surface area contributed by atoms with E-state index in [1.54, 1.807) is 6.92 Å². The summed E-state index contributed by atoms with van der Waals surface area (Å²) < 4.78 is 0. The minimum absolute atomic E-state index is 0.132. The maximum Gasteiger partial charge on any atom is 0.0849 e. The normalized spacial score (nSPS) is 16.5. The van der Waals surface area contributed by atoms with Gasteiger partial charge in [0.2, 0.25) is 0 Å². The molecule has 0 rings (SSSR count). The highest BCUT2D eigenvalue weighted by molar-refractivity contribution is 4.69. The summed E-state index contributed by atoms with van der Waals surface area (Å²) in [5, 5.41) is 33.8. The number of unbranched alkanes of at least 4 members (excludes halogenated alkanes) is 1. The molecule has 14 heavy (non-hydrogen) atoms. The van der Waals surface area contributed by atoms with Crippen molar-refractivity contribution >= 4 is 0 Å². The Balaban J connectivity index is 0. The maximum atomic E-state index is 9.20. The van der Waals surface area contributed by atoms with Gasteiger partial charge in [-0.15, -0.1) is 0 Å². The molecule has 0 aromatic carbocycles. The quantitative estimate of drug-likeness (QED) is 0.523. The predicted molar refractivity (Wildman–Crippen MR) is 56.0 cm³/mol. The van der Waals surface area contributed by atoms with Crippen LogP contribution in [0.1, 0.15) is 40.0 Å². The van der Waals surface area contributed by atoms with E-state index in [9.17, 15) is 5.11 Å². The van der Waals surface area contributed by atoms with Gasteiger partial charge < -0.3 is 20.4 Å². The Morgan fingerprint density at radius 2 is 1.71 bits per heavy atom. The standard InChI is InChI=1S/C7H16O2.C3H8O2/c1-3-4-5-7(2,9)6-8;1-3(5)2-4/h8-9H,3-6H2,1-2H3;3-5H,2H2,1H3. The highest BCUT2D eigenvalue weighted by Gasteiger charge is 2.16. The van der Waals surface area contributed by atoms with Crippen LogP contribution in [-0.4, -0.2) is 45.3 Å². The minimum atomic E-state index is -0.851. The van der Waals surface area contributed by atoms with Crippen molar-refractivity contribution in [1.29, 1.82) is 0 Å². The molecule has 0 spiro atoms. The lowest BCUT2D eigenvalue weighted by atomic mass is 10.0. The number of rotatable bonds is 5. The van der Waals surface area contributed by atoms with Crippen LogP contribution in [0.4, 0.5) is 0 Å². The van der Waals surface area contributed by atoms with Crippen LogP contribution in [0.25, 0.3) is 0 Å². The topological polar surface area (TPSA) is 80.9 Å². The van der Waals surface area contributed by atoms with Crippen LogP contribution >= 0.6 is 0 Å². The Morgan fingerprint density at radius 1 is 1.29 bits per heavy atom. The summed E-state index contributed by atoms with van der Waals surface area (Å²) in [5.41, 5.74) is -0.851. The lowest BCUT2D eigenvalue weighted by Gasteiger charge is -2.18. The average Bonchev–Trinajstić information content (AvgIpc) is 2.16. The highest BCUT2D eigenvalue weighted by Crippen LogP contribution is 2.11. The van der Waals surface area contributed by atoms with Crippen molar-refractivity contribution in [2.24, 2.45) is 0 Å². The summed E-state index contributed by atoms with van der Waals surface area (Å²) in [5.74, 6) is 0. The Bertz CT molecular complexity index is 113. The summed E-state index contributed by atoms with van der Waals surface area (Å²) >= 11 is 0. The molecule has 0 aliphatic carbocycles. The van der Waals surface area contributed by atoms with E-state index in [1.165, 1.54) is 6.92 Å². The summed E-state index contributed by atoms with van der Waals surface area (Å²) in [6.07, 6.45) is 2.18. The first kappa shape index (κ1) is 16.3. The van der Waals surface area contributed by atoms with Crippen molar-refractivity contribution < 1.29 is 20.4 Å². The van der Waals surface area contributed by atoms with Crippen molar-refractivity contribution in [3.8, 4) is 0 Å². The fourth-order valence-corrected chi connectivity index (χ4v) is 0.637. The minimum Gasteiger partial charge on any atom is -0.394 e. The molecule has 0 bridgehead atoms. The van der Waals surface area contributed by atoms with Crippen LogP contribution in [0, 0.1) is 0 Å². The van der Waals surface area contributed by atoms with Gasteiger partial charge in [0.15, 0.2) is 0 Å². The lowest BCUT2D eigenvalue weighted by Crippen LogP contribution is -2.28. The van der Waals surface area contributed by atoms with Crippen LogP contribution in [0.3, 0.4) is 0 Å². The molecule has 2 atom stereocenters. The van der Waals surface area contributed by atoms with Crippen molar-refractivity contribution in [3.05, 3.63) is 0 Å². The molecule has 0 aromatic heterocycles. The van der Waals surface area contributed by atoms with Crippen molar-refractivity contribution in [2.75, 3.05) is 13.2 Å².